The number of imidazole rings is 1. The van der Waals surface area contributed by atoms with Crippen molar-refractivity contribution in [1.29, 1.82) is 0 Å². The number of anilines is 1. The van der Waals surface area contributed by atoms with Crippen molar-refractivity contribution in [1.82, 2.24) is 9.97 Å². The molecule has 0 bridgehead atoms. The van der Waals surface area contributed by atoms with Gasteiger partial charge in [0.1, 0.15) is 17.3 Å². The Bertz CT molecular complexity index is 1380. The van der Waals surface area contributed by atoms with E-state index in [1.165, 1.54) is 0 Å². The number of aromatic nitrogens is 2. The third-order valence-electron chi connectivity index (χ3n) is 5.60. The van der Waals surface area contributed by atoms with Gasteiger partial charge < -0.3 is 24.9 Å². The van der Waals surface area contributed by atoms with Gasteiger partial charge in [0, 0.05) is 30.1 Å². The van der Waals surface area contributed by atoms with E-state index in [0.29, 0.717) is 46.2 Å². The Kier molecular flexibility index (Phi) is 9.82. The molecule has 8 heteroatoms. The molecule has 1 aliphatic carbocycles. The Morgan fingerprint density at radius 2 is 2.00 bits per heavy atom. The van der Waals surface area contributed by atoms with Crippen molar-refractivity contribution >= 4 is 35.5 Å². The van der Waals surface area contributed by atoms with Crippen LogP contribution in [-0.2, 0) is 9.53 Å². The zero-order chi connectivity index (χ0) is 27.5. The van der Waals surface area contributed by atoms with Crippen LogP contribution < -0.4 is 10.1 Å². The van der Waals surface area contributed by atoms with Gasteiger partial charge in [0.15, 0.2) is 0 Å². The van der Waals surface area contributed by atoms with Crippen molar-refractivity contribution in [2.75, 3.05) is 26.6 Å². The minimum absolute atomic E-state index is 0.158. The molecule has 1 aromatic heterocycles. The van der Waals surface area contributed by atoms with E-state index >= 15 is 0 Å². The van der Waals surface area contributed by atoms with E-state index in [9.17, 15) is 9.90 Å². The van der Waals surface area contributed by atoms with E-state index in [4.69, 9.17) is 9.47 Å². The highest BCUT2D eigenvalue weighted by atomic mass is 16.5. The number of nitrogens with zero attached hydrogens (tertiary/aromatic N) is 2. The zero-order valence-corrected chi connectivity index (χ0v) is 22.0. The molecule has 3 rings (SSSR count). The maximum absolute atomic E-state index is 13.0. The fraction of sp³-hybridized carbons (Fsp3) is 0.167. The molecule has 0 aliphatic heterocycles. The number of allylic oxidation sites excluding steroid dienone is 8. The van der Waals surface area contributed by atoms with E-state index in [0.717, 1.165) is 11.1 Å². The molecule has 0 radical (unpaired) electrons. The average Bonchev–Trinajstić information content (AvgIpc) is 3.19. The van der Waals surface area contributed by atoms with Gasteiger partial charge in [-0.15, -0.1) is 0 Å². The van der Waals surface area contributed by atoms with Crippen molar-refractivity contribution in [3.8, 4) is 5.75 Å². The zero-order valence-electron chi connectivity index (χ0n) is 22.0. The number of fused-ring (bicyclic) bond motifs is 1. The SMILES string of the molecule is C=C(O)\C(=C/C(=C\C)C(/C=C\C=NC)=C\OC)c1nc2c([nH]1)C=C(C(=O)Nc1ccc(OC)cc1)CC=C2. The molecule has 0 atom stereocenters. The number of nitrogens with one attached hydrogen (secondary N) is 2. The van der Waals surface area contributed by atoms with Crippen LogP contribution in [0.3, 0.4) is 0 Å². The number of hydrogen-bond acceptors (Lipinski definition) is 6. The molecule has 3 N–H and O–H groups in total. The minimum Gasteiger partial charge on any atom is -0.508 e. The van der Waals surface area contributed by atoms with Crippen molar-refractivity contribution in [2.24, 2.45) is 4.99 Å². The Labute approximate surface area is 222 Å². The molecule has 8 nitrogen and oxygen atoms in total. The third-order valence-corrected chi connectivity index (χ3v) is 5.60. The maximum atomic E-state index is 13.0. The number of hydrogen-bond donors (Lipinski definition) is 3. The molecular formula is C30H32N4O4. The maximum Gasteiger partial charge on any atom is 0.251 e. The first kappa shape index (κ1) is 27.7. The first-order valence-electron chi connectivity index (χ1n) is 11.9. The Morgan fingerprint density at radius 1 is 1.24 bits per heavy atom. The normalized spacial score (nSPS) is 14.3. The van der Waals surface area contributed by atoms with Gasteiger partial charge in [0.25, 0.3) is 5.91 Å². The summed E-state index contributed by atoms with van der Waals surface area (Å²) < 4.78 is 10.4. The number of amides is 1. The number of aliphatic hydroxyl groups is 1. The predicted octanol–water partition coefficient (Wildman–Crippen LogP) is 6.05. The molecule has 1 aromatic carbocycles. The van der Waals surface area contributed by atoms with Gasteiger partial charge in [-0.1, -0.05) is 18.7 Å². The molecule has 1 amide bonds. The summed E-state index contributed by atoms with van der Waals surface area (Å²) in [6.07, 6.45) is 16.5. The van der Waals surface area contributed by atoms with Gasteiger partial charge in [-0.2, -0.15) is 0 Å². The molecule has 0 fully saturated rings. The van der Waals surface area contributed by atoms with Gasteiger partial charge in [0.05, 0.1) is 37.4 Å². The fourth-order valence-electron chi connectivity index (χ4n) is 3.68. The van der Waals surface area contributed by atoms with Crippen molar-refractivity contribution in [3.05, 3.63) is 107 Å². The van der Waals surface area contributed by atoms with Crippen molar-refractivity contribution in [3.63, 3.8) is 0 Å². The molecule has 0 spiro atoms. The smallest absolute Gasteiger partial charge is 0.251 e. The summed E-state index contributed by atoms with van der Waals surface area (Å²) in [5.41, 5.74) is 4.45. The van der Waals surface area contributed by atoms with Gasteiger partial charge in [-0.3, -0.25) is 9.79 Å². The molecule has 0 saturated carbocycles. The second kappa shape index (κ2) is 13.5. The summed E-state index contributed by atoms with van der Waals surface area (Å²) in [5.74, 6) is 0.740. The number of rotatable bonds is 10. The van der Waals surface area contributed by atoms with Crippen LogP contribution in [0, 0.1) is 0 Å². The highest BCUT2D eigenvalue weighted by Crippen LogP contribution is 2.28. The van der Waals surface area contributed by atoms with E-state index in [2.05, 4.69) is 26.9 Å². The summed E-state index contributed by atoms with van der Waals surface area (Å²) in [6, 6.07) is 7.13. The Morgan fingerprint density at radius 3 is 2.63 bits per heavy atom. The summed E-state index contributed by atoms with van der Waals surface area (Å²) in [5, 5.41) is 13.4. The third kappa shape index (κ3) is 7.10. The monoisotopic (exact) mass is 512 g/mol. The molecular weight excluding hydrogens is 480 g/mol. The number of aliphatic hydroxyl groups excluding tert-OH is 1. The molecule has 0 unspecified atom stereocenters. The van der Waals surface area contributed by atoms with E-state index in [1.54, 1.807) is 76.2 Å². The van der Waals surface area contributed by atoms with Crippen LogP contribution in [0.1, 0.15) is 30.6 Å². The van der Waals surface area contributed by atoms with E-state index < -0.39 is 0 Å². The van der Waals surface area contributed by atoms with Gasteiger partial charge in [0.2, 0.25) is 0 Å². The predicted molar refractivity (Wildman–Crippen MR) is 154 cm³/mol. The molecule has 2 aromatic rings. The van der Waals surface area contributed by atoms with Crippen LogP contribution in [0.4, 0.5) is 5.69 Å². The lowest BCUT2D eigenvalue weighted by Gasteiger charge is -2.08. The lowest BCUT2D eigenvalue weighted by atomic mass is 10.0. The number of carbonyl (C=O) groups is 1. The number of methoxy groups -OCH3 is 2. The average molecular weight is 513 g/mol. The molecule has 0 saturated heterocycles. The number of benzene rings is 1. The topological polar surface area (TPSA) is 109 Å². The first-order chi connectivity index (χ1) is 18.4. The molecule has 38 heavy (non-hydrogen) atoms. The van der Waals surface area contributed by atoms with Crippen LogP contribution in [0.2, 0.25) is 0 Å². The minimum atomic E-state index is -0.223. The largest absolute Gasteiger partial charge is 0.508 e. The van der Waals surface area contributed by atoms with Crippen LogP contribution in [0.25, 0.3) is 17.7 Å². The fourth-order valence-corrected chi connectivity index (χ4v) is 3.68. The first-order valence-corrected chi connectivity index (χ1v) is 11.9. The van der Waals surface area contributed by atoms with Gasteiger partial charge >= 0.3 is 0 Å². The van der Waals surface area contributed by atoms with Crippen LogP contribution >= 0.6 is 0 Å². The summed E-state index contributed by atoms with van der Waals surface area (Å²) in [4.78, 5) is 24.8. The van der Waals surface area contributed by atoms with E-state index in [1.807, 2.05) is 31.2 Å². The highest BCUT2D eigenvalue weighted by molar-refractivity contribution is 6.07. The second-order valence-corrected chi connectivity index (χ2v) is 8.17. The number of H-pyrrole nitrogens is 1. The molecule has 196 valence electrons. The van der Waals surface area contributed by atoms with E-state index in [-0.39, 0.29) is 11.7 Å². The van der Waals surface area contributed by atoms with Crippen LogP contribution in [0.5, 0.6) is 5.75 Å². The van der Waals surface area contributed by atoms with Crippen molar-refractivity contribution < 1.29 is 19.4 Å². The number of aliphatic imine (C=N–C) groups is 1. The number of carbonyl (C=O) groups excluding carboxylic acids is 1. The number of ether oxygens (including phenoxy) is 2. The lowest BCUT2D eigenvalue weighted by molar-refractivity contribution is -0.112. The second-order valence-electron chi connectivity index (χ2n) is 8.17. The summed E-state index contributed by atoms with van der Waals surface area (Å²) >= 11 is 0. The van der Waals surface area contributed by atoms with Crippen LogP contribution in [-0.4, -0.2) is 48.5 Å². The lowest BCUT2D eigenvalue weighted by Crippen LogP contribution is -2.14. The number of aromatic amines is 1. The molecule has 1 heterocycles. The van der Waals surface area contributed by atoms with Gasteiger partial charge in [-0.05, 0) is 73.6 Å². The molecule has 1 aliphatic rings. The summed E-state index contributed by atoms with van der Waals surface area (Å²) in [6.45, 7) is 5.61. The summed E-state index contributed by atoms with van der Waals surface area (Å²) in [7, 11) is 4.84. The van der Waals surface area contributed by atoms with Crippen LogP contribution in [0.15, 0.2) is 95.0 Å². The van der Waals surface area contributed by atoms with Crippen molar-refractivity contribution in [2.45, 2.75) is 13.3 Å². The standard InChI is InChI=1S/C30H32N4O4/c1-6-21(23(19-37-4)10-8-16-31-3)17-26(20(2)35)29-33-27-11-7-9-22(18-28(27)34-29)30(36)32-24-12-14-25(38-5)15-13-24/h6-8,10-19,35H,2,9H2,1,3-5H3,(H,32,36)(H,33,34)/b10-8-,21-6+,23-19-,26-17+,31-16?. The highest BCUT2D eigenvalue weighted by Gasteiger charge is 2.18. The quantitative estimate of drug-likeness (QED) is 0.204. The Balaban J connectivity index is 1.93. The Hall–Kier alpha value is -4.85. The van der Waals surface area contributed by atoms with Gasteiger partial charge in [-0.25, -0.2) is 4.98 Å².